The van der Waals surface area contributed by atoms with Gasteiger partial charge in [-0.05, 0) is 49.1 Å². The van der Waals surface area contributed by atoms with Crippen LogP contribution >= 0.6 is 23.4 Å². The zero-order chi connectivity index (χ0) is 21.3. The quantitative estimate of drug-likeness (QED) is 0.586. The molecule has 2 aromatic carbocycles. The highest BCUT2D eigenvalue weighted by Gasteiger charge is 2.39. The summed E-state index contributed by atoms with van der Waals surface area (Å²) in [5.41, 5.74) is 2.65. The number of nitrogens with zero attached hydrogens (tertiary/aromatic N) is 1. The fourth-order valence-corrected chi connectivity index (χ4v) is 7.03. The highest BCUT2D eigenvalue weighted by Crippen LogP contribution is 2.50. The SMILES string of the molecule is C[C@@H](CC1CCCC1)NCc1ccccc1N1c2cc(Cl)ccc2SC1S(N)(=O)=O. The number of rotatable bonds is 7. The van der Waals surface area contributed by atoms with E-state index in [1.165, 1.54) is 43.9 Å². The maximum atomic E-state index is 12.4. The van der Waals surface area contributed by atoms with Crippen LogP contribution in [0.4, 0.5) is 11.4 Å². The van der Waals surface area contributed by atoms with E-state index >= 15 is 0 Å². The van der Waals surface area contributed by atoms with Crippen LogP contribution in [0, 0.1) is 5.92 Å². The smallest absolute Gasteiger partial charge is 0.240 e. The first-order valence-electron chi connectivity index (χ1n) is 10.4. The molecular formula is C22H28ClN3O2S2. The number of thioether (sulfide) groups is 1. The molecule has 0 amide bonds. The lowest BCUT2D eigenvalue weighted by Crippen LogP contribution is -2.37. The van der Waals surface area contributed by atoms with E-state index in [2.05, 4.69) is 12.2 Å². The highest BCUT2D eigenvalue weighted by atomic mass is 35.5. The molecule has 2 atom stereocenters. The van der Waals surface area contributed by atoms with Gasteiger partial charge in [-0.3, -0.25) is 0 Å². The van der Waals surface area contributed by atoms with E-state index in [0.717, 1.165) is 27.8 Å². The van der Waals surface area contributed by atoms with Crippen molar-refractivity contribution in [3.05, 3.63) is 53.1 Å². The van der Waals surface area contributed by atoms with Crippen molar-refractivity contribution in [3.63, 3.8) is 0 Å². The number of nitrogens with one attached hydrogen (secondary N) is 1. The molecule has 0 radical (unpaired) electrons. The summed E-state index contributed by atoms with van der Waals surface area (Å²) >= 11 is 7.48. The molecule has 1 unspecified atom stereocenters. The summed E-state index contributed by atoms with van der Waals surface area (Å²) in [5, 5.41) is 9.81. The number of halogens is 1. The summed E-state index contributed by atoms with van der Waals surface area (Å²) in [6, 6.07) is 13.7. The Kier molecular flexibility index (Phi) is 6.65. The number of nitrogens with two attached hydrogens (primary N) is 1. The molecule has 1 aliphatic carbocycles. The first-order chi connectivity index (χ1) is 14.3. The standard InChI is InChI=1S/C22H28ClN3O2S2/c1-15(12-16-6-2-3-7-16)25-14-17-8-4-5-9-19(17)26-20-13-18(23)10-11-21(20)29-22(26)30(24,27)28/h4-5,8-11,13,15-16,22,25H,2-3,6-7,12,14H2,1H3,(H2,24,27,28)/t15-,22?/m0/s1. The maximum Gasteiger partial charge on any atom is 0.240 e. The molecule has 0 aromatic heterocycles. The summed E-state index contributed by atoms with van der Waals surface area (Å²) in [6.07, 6.45) is 6.55. The van der Waals surface area contributed by atoms with E-state index in [-0.39, 0.29) is 0 Å². The van der Waals surface area contributed by atoms with Crippen molar-refractivity contribution in [2.75, 3.05) is 4.90 Å². The van der Waals surface area contributed by atoms with Gasteiger partial charge in [0.1, 0.15) is 0 Å². The molecule has 0 spiro atoms. The number of hydrogen-bond donors (Lipinski definition) is 2. The summed E-state index contributed by atoms with van der Waals surface area (Å²) in [5.74, 6) is 0.818. The summed E-state index contributed by atoms with van der Waals surface area (Å²) in [6.45, 7) is 2.90. The maximum absolute atomic E-state index is 12.4. The molecule has 0 saturated heterocycles. The van der Waals surface area contributed by atoms with Gasteiger partial charge in [0.15, 0.2) is 0 Å². The predicted molar refractivity (Wildman–Crippen MR) is 126 cm³/mol. The summed E-state index contributed by atoms with van der Waals surface area (Å²) in [4.78, 5) is 2.66. The minimum atomic E-state index is -3.82. The summed E-state index contributed by atoms with van der Waals surface area (Å²) < 4.78 is 23.9. The molecule has 8 heteroatoms. The Bertz CT molecular complexity index is 1010. The second kappa shape index (κ2) is 9.09. The van der Waals surface area contributed by atoms with E-state index < -0.39 is 14.7 Å². The van der Waals surface area contributed by atoms with Gasteiger partial charge in [-0.15, -0.1) is 0 Å². The van der Waals surface area contributed by atoms with E-state index in [4.69, 9.17) is 16.7 Å². The third-order valence-electron chi connectivity index (χ3n) is 5.95. The van der Waals surface area contributed by atoms with Crippen molar-refractivity contribution in [2.45, 2.75) is 61.2 Å². The fraction of sp³-hybridized carbons (Fsp3) is 0.455. The van der Waals surface area contributed by atoms with Crippen molar-refractivity contribution >= 4 is 44.8 Å². The van der Waals surface area contributed by atoms with Crippen molar-refractivity contribution in [1.82, 2.24) is 5.32 Å². The van der Waals surface area contributed by atoms with Gasteiger partial charge < -0.3 is 10.2 Å². The molecule has 30 heavy (non-hydrogen) atoms. The van der Waals surface area contributed by atoms with Crippen LogP contribution in [0.5, 0.6) is 0 Å². The third-order valence-corrected chi connectivity index (χ3v) is 9.07. The monoisotopic (exact) mass is 465 g/mol. The average molecular weight is 466 g/mol. The number of hydrogen-bond acceptors (Lipinski definition) is 5. The molecule has 2 aromatic rings. The van der Waals surface area contributed by atoms with Gasteiger partial charge in [-0.1, -0.05) is 67.2 Å². The molecule has 1 saturated carbocycles. The Hall–Kier alpha value is -1.25. The van der Waals surface area contributed by atoms with Gasteiger partial charge in [0, 0.05) is 28.2 Å². The highest BCUT2D eigenvalue weighted by molar-refractivity contribution is 8.13. The lowest BCUT2D eigenvalue weighted by Gasteiger charge is -2.28. The zero-order valence-electron chi connectivity index (χ0n) is 17.1. The first kappa shape index (κ1) is 22.0. The second-order valence-corrected chi connectivity index (χ2v) is 11.8. The normalized spacial score (nSPS) is 20.5. The molecule has 1 heterocycles. The topological polar surface area (TPSA) is 75.4 Å². The lowest BCUT2D eigenvalue weighted by molar-refractivity contribution is 0.404. The Labute approximate surface area is 188 Å². The van der Waals surface area contributed by atoms with Crippen LogP contribution in [0.2, 0.25) is 5.02 Å². The first-order valence-corrected chi connectivity index (χ1v) is 13.3. The molecular weight excluding hydrogens is 438 g/mol. The molecule has 4 rings (SSSR count). The van der Waals surface area contributed by atoms with Crippen molar-refractivity contribution in [3.8, 4) is 0 Å². The Morgan fingerprint density at radius 2 is 1.93 bits per heavy atom. The van der Waals surface area contributed by atoms with E-state index in [1.807, 2.05) is 36.4 Å². The van der Waals surface area contributed by atoms with Crippen LogP contribution in [-0.2, 0) is 16.6 Å². The number of anilines is 2. The van der Waals surface area contributed by atoms with Gasteiger partial charge in [0.2, 0.25) is 14.7 Å². The van der Waals surface area contributed by atoms with Crippen LogP contribution in [-0.4, -0.2) is 19.2 Å². The van der Waals surface area contributed by atoms with Gasteiger partial charge >= 0.3 is 0 Å². The Morgan fingerprint density at radius 3 is 2.67 bits per heavy atom. The fourth-order valence-electron chi connectivity index (χ4n) is 4.52. The van der Waals surface area contributed by atoms with Crippen LogP contribution in [0.25, 0.3) is 0 Å². The van der Waals surface area contributed by atoms with Crippen LogP contribution < -0.4 is 15.4 Å². The Morgan fingerprint density at radius 1 is 1.20 bits per heavy atom. The second-order valence-electron chi connectivity index (χ2n) is 8.29. The van der Waals surface area contributed by atoms with Gasteiger partial charge in [-0.2, -0.15) is 0 Å². The molecule has 5 nitrogen and oxygen atoms in total. The van der Waals surface area contributed by atoms with Crippen LogP contribution in [0.1, 0.15) is 44.6 Å². The van der Waals surface area contributed by atoms with E-state index in [0.29, 0.717) is 17.6 Å². The minimum absolute atomic E-state index is 0.407. The number of benzene rings is 2. The van der Waals surface area contributed by atoms with E-state index in [9.17, 15) is 8.42 Å². The van der Waals surface area contributed by atoms with Gasteiger partial charge in [0.05, 0.1) is 5.69 Å². The molecule has 2 aliphatic rings. The molecule has 162 valence electrons. The zero-order valence-corrected chi connectivity index (χ0v) is 19.4. The van der Waals surface area contributed by atoms with Crippen molar-refractivity contribution in [2.24, 2.45) is 11.1 Å². The number of primary sulfonamides is 1. The predicted octanol–water partition coefficient (Wildman–Crippen LogP) is 5.21. The number of fused-ring (bicyclic) bond motifs is 1. The molecule has 3 N–H and O–H groups in total. The average Bonchev–Trinajstić information content (AvgIpc) is 3.33. The van der Waals surface area contributed by atoms with Gasteiger partial charge in [0.25, 0.3) is 0 Å². The summed E-state index contributed by atoms with van der Waals surface area (Å²) in [7, 11) is -3.82. The number of sulfonamides is 1. The lowest BCUT2D eigenvalue weighted by atomic mass is 9.99. The number of para-hydroxylation sites is 1. The van der Waals surface area contributed by atoms with Crippen LogP contribution in [0.3, 0.4) is 0 Å². The van der Waals surface area contributed by atoms with Crippen molar-refractivity contribution < 1.29 is 8.42 Å². The molecule has 1 aliphatic heterocycles. The van der Waals surface area contributed by atoms with Crippen LogP contribution in [0.15, 0.2) is 47.4 Å². The third kappa shape index (κ3) is 4.81. The Balaban J connectivity index is 1.60. The van der Waals surface area contributed by atoms with Gasteiger partial charge in [-0.25, -0.2) is 13.6 Å². The minimum Gasteiger partial charge on any atom is -0.313 e. The van der Waals surface area contributed by atoms with E-state index in [1.54, 1.807) is 11.0 Å². The largest absolute Gasteiger partial charge is 0.313 e. The molecule has 0 bridgehead atoms. The van der Waals surface area contributed by atoms with Crippen molar-refractivity contribution in [1.29, 1.82) is 0 Å². The molecule has 1 fully saturated rings.